The first-order chi connectivity index (χ1) is 15.4. The van der Waals surface area contributed by atoms with Crippen molar-refractivity contribution in [3.05, 3.63) is 29.1 Å². The first kappa shape index (κ1) is 24.4. The quantitative estimate of drug-likeness (QED) is 0.559. The lowest BCUT2D eigenvalue weighted by molar-refractivity contribution is -0.134. The number of hydrogen-bond acceptors (Lipinski definition) is 7. The van der Waals surface area contributed by atoms with Crippen molar-refractivity contribution in [2.45, 2.75) is 51.8 Å². The minimum Gasteiger partial charge on any atom is -0.478 e. The molecule has 3 N–H and O–H groups in total. The topological polar surface area (TPSA) is 128 Å². The van der Waals surface area contributed by atoms with Crippen LogP contribution < -0.4 is 15.5 Å². The van der Waals surface area contributed by atoms with Crippen molar-refractivity contribution in [2.75, 3.05) is 31.1 Å². The van der Waals surface area contributed by atoms with E-state index in [0.29, 0.717) is 31.9 Å². The molecule has 33 heavy (non-hydrogen) atoms. The van der Waals surface area contributed by atoms with E-state index in [1.54, 1.807) is 31.7 Å². The zero-order valence-electron chi connectivity index (χ0n) is 18.9. The van der Waals surface area contributed by atoms with Gasteiger partial charge in [0.05, 0.1) is 11.6 Å². The Hall–Kier alpha value is -3.21. The number of nitrogens with one attached hydrogen (secondary N) is 2. The van der Waals surface area contributed by atoms with E-state index >= 15 is 0 Å². The highest BCUT2D eigenvalue weighted by atomic mass is 19.1. The van der Waals surface area contributed by atoms with Gasteiger partial charge in [0.15, 0.2) is 0 Å². The van der Waals surface area contributed by atoms with Gasteiger partial charge in [0, 0.05) is 44.8 Å². The smallest absolute Gasteiger partial charge is 0.410 e. The molecule has 2 saturated heterocycles. The van der Waals surface area contributed by atoms with Crippen molar-refractivity contribution in [1.82, 2.24) is 15.5 Å². The maximum absolute atomic E-state index is 14.8. The summed E-state index contributed by atoms with van der Waals surface area (Å²) in [6.07, 6.45) is 0.0385. The van der Waals surface area contributed by atoms with E-state index in [4.69, 9.17) is 4.74 Å². The van der Waals surface area contributed by atoms with E-state index in [1.165, 1.54) is 6.07 Å². The molecule has 0 radical (unpaired) electrons. The number of benzene rings is 1. The second kappa shape index (κ2) is 9.74. The van der Waals surface area contributed by atoms with E-state index in [2.05, 4.69) is 10.6 Å². The van der Waals surface area contributed by atoms with Gasteiger partial charge in [-0.05, 0) is 44.9 Å². The summed E-state index contributed by atoms with van der Waals surface area (Å²) >= 11 is 0. The van der Waals surface area contributed by atoms with Gasteiger partial charge in [0.1, 0.15) is 11.4 Å². The predicted molar refractivity (Wildman–Crippen MR) is 116 cm³/mol. The number of carbonyl (C=O) groups is 4. The van der Waals surface area contributed by atoms with Crippen LogP contribution in [0.2, 0.25) is 0 Å². The zero-order chi connectivity index (χ0) is 24.3. The number of ether oxygens (including phenoxy) is 1. The number of imide groups is 1. The van der Waals surface area contributed by atoms with Crippen molar-refractivity contribution >= 4 is 29.6 Å². The number of piperazine rings is 1. The van der Waals surface area contributed by atoms with Crippen molar-refractivity contribution in [2.24, 2.45) is 0 Å². The summed E-state index contributed by atoms with van der Waals surface area (Å²) in [5.41, 5.74) is -0.391. The Kier molecular flexibility index (Phi) is 7.21. The molecule has 0 saturated carbocycles. The third-order valence-corrected chi connectivity index (χ3v) is 5.45. The first-order valence-corrected chi connectivity index (χ1v) is 10.8. The van der Waals surface area contributed by atoms with Crippen LogP contribution in [0.5, 0.6) is 0 Å². The second-order valence-corrected chi connectivity index (χ2v) is 9.11. The molecule has 2 heterocycles. The van der Waals surface area contributed by atoms with Crippen LogP contribution in [0.3, 0.4) is 0 Å². The molecule has 1 aromatic carbocycles. The number of carboxylic acid groups (broad SMARTS) is 1. The highest BCUT2D eigenvalue weighted by Gasteiger charge is 2.29. The second-order valence-electron chi connectivity index (χ2n) is 9.11. The number of amides is 3. The lowest BCUT2D eigenvalue weighted by Gasteiger charge is -2.37. The van der Waals surface area contributed by atoms with Crippen LogP contribution in [0.25, 0.3) is 0 Å². The van der Waals surface area contributed by atoms with E-state index < -0.39 is 41.0 Å². The minimum absolute atomic E-state index is 0.0590. The first-order valence-electron chi connectivity index (χ1n) is 10.8. The van der Waals surface area contributed by atoms with Gasteiger partial charge in [-0.3, -0.25) is 14.9 Å². The van der Waals surface area contributed by atoms with Gasteiger partial charge in [-0.15, -0.1) is 0 Å². The molecule has 1 aromatic rings. The largest absolute Gasteiger partial charge is 0.478 e. The van der Waals surface area contributed by atoms with Crippen LogP contribution in [0.1, 0.15) is 49.5 Å². The molecule has 1 unspecified atom stereocenters. The predicted octanol–water partition coefficient (Wildman–Crippen LogP) is 1.48. The van der Waals surface area contributed by atoms with Crippen LogP contribution in [-0.4, -0.2) is 71.7 Å². The summed E-state index contributed by atoms with van der Waals surface area (Å²) in [6.45, 7) is 6.91. The van der Waals surface area contributed by atoms with Crippen LogP contribution in [0.15, 0.2) is 12.1 Å². The molecule has 3 amide bonds. The summed E-state index contributed by atoms with van der Waals surface area (Å²) in [4.78, 5) is 50.6. The van der Waals surface area contributed by atoms with E-state index in [1.807, 2.05) is 4.90 Å². The Balaban J connectivity index is 1.71. The fraction of sp³-hybridized carbons (Fsp3) is 0.545. The number of hydrogen-bond donors (Lipinski definition) is 3. The summed E-state index contributed by atoms with van der Waals surface area (Å²) < 4.78 is 20.1. The lowest BCUT2D eigenvalue weighted by atomic mass is 10.0. The summed E-state index contributed by atoms with van der Waals surface area (Å²) in [7, 11) is 0. The molecule has 2 fully saturated rings. The number of carboxylic acids is 1. The molecule has 11 heteroatoms. The highest BCUT2D eigenvalue weighted by Crippen LogP contribution is 2.25. The van der Waals surface area contributed by atoms with E-state index in [-0.39, 0.29) is 30.9 Å². The van der Waals surface area contributed by atoms with Crippen molar-refractivity contribution in [3.8, 4) is 0 Å². The molecule has 0 spiro atoms. The molecular formula is C22H29FN4O6. The normalized spacial score (nSPS) is 19.3. The van der Waals surface area contributed by atoms with Gasteiger partial charge in [-0.1, -0.05) is 0 Å². The maximum Gasteiger partial charge on any atom is 0.410 e. The van der Waals surface area contributed by atoms with Gasteiger partial charge in [0.25, 0.3) is 0 Å². The standard InChI is InChI=1S/C22H29FN4O6/c1-22(2,3)33-21(32)27-8-6-26(7-9-27)14-10-13(18(20(30)31)15(23)11-14)12-24-16-4-5-17(28)25-19(16)29/h10-11,16,24H,4-9,12H2,1-3H3,(H,30,31)(H,25,28,29). The monoisotopic (exact) mass is 464 g/mol. The molecule has 180 valence electrons. The van der Waals surface area contributed by atoms with Gasteiger partial charge in [0.2, 0.25) is 11.8 Å². The Labute approximate surface area is 191 Å². The Morgan fingerprint density at radius 3 is 2.45 bits per heavy atom. The lowest BCUT2D eigenvalue weighted by Crippen LogP contribution is -2.50. The van der Waals surface area contributed by atoms with Gasteiger partial charge in [-0.2, -0.15) is 0 Å². The Bertz CT molecular complexity index is 953. The van der Waals surface area contributed by atoms with Gasteiger partial charge < -0.3 is 25.0 Å². The average Bonchev–Trinajstić information content (AvgIpc) is 2.71. The molecule has 1 atom stereocenters. The number of halogens is 1. The summed E-state index contributed by atoms with van der Waals surface area (Å²) in [6, 6.07) is 2.07. The minimum atomic E-state index is -1.41. The fourth-order valence-corrected chi connectivity index (χ4v) is 3.80. The Morgan fingerprint density at radius 2 is 1.88 bits per heavy atom. The number of aromatic carboxylic acids is 1. The van der Waals surface area contributed by atoms with Crippen LogP contribution in [0, 0.1) is 5.82 Å². The Morgan fingerprint density at radius 1 is 1.21 bits per heavy atom. The number of anilines is 1. The van der Waals surface area contributed by atoms with Crippen LogP contribution in [0.4, 0.5) is 14.9 Å². The number of rotatable bonds is 5. The van der Waals surface area contributed by atoms with Crippen LogP contribution in [-0.2, 0) is 20.9 Å². The molecular weight excluding hydrogens is 435 g/mol. The molecule has 3 rings (SSSR count). The van der Waals surface area contributed by atoms with E-state index in [9.17, 15) is 28.7 Å². The number of nitrogens with zero attached hydrogens (tertiary/aromatic N) is 2. The third kappa shape index (κ3) is 6.19. The van der Waals surface area contributed by atoms with E-state index in [0.717, 1.165) is 0 Å². The molecule has 0 aliphatic carbocycles. The summed E-state index contributed by atoms with van der Waals surface area (Å²) in [5, 5.41) is 14.6. The van der Waals surface area contributed by atoms with Crippen molar-refractivity contribution < 1.29 is 33.4 Å². The summed E-state index contributed by atoms with van der Waals surface area (Å²) in [5.74, 6) is -3.13. The fourth-order valence-electron chi connectivity index (χ4n) is 3.80. The molecule has 10 nitrogen and oxygen atoms in total. The number of piperidine rings is 1. The molecule has 0 aromatic heterocycles. The molecule has 2 aliphatic rings. The number of carbonyl (C=O) groups excluding carboxylic acids is 3. The van der Waals surface area contributed by atoms with Gasteiger partial charge in [-0.25, -0.2) is 14.0 Å². The zero-order valence-corrected chi connectivity index (χ0v) is 18.9. The molecule has 0 bridgehead atoms. The average molecular weight is 464 g/mol. The molecule has 2 aliphatic heterocycles. The SMILES string of the molecule is CC(C)(C)OC(=O)N1CCN(c2cc(F)c(C(=O)O)c(CNC3CCC(=O)NC3=O)c2)CC1. The third-order valence-electron chi connectivity index (χ3n) is 5.45. The van der Waals surface area contributed by atoms with Crippen LogP contribution >= 0.6 is 0 Å². The maximum atomic E-state index is 14.8. The highest BCUT2D eigenvalue weighted by molar-refractivity contribution is 6.00. The van der Waals surface area contributed by atoms with Gasteiger partial charge >= 0.3 is 12.1 Å². The van der Waals surface area contributed by atoms with Crippen molar-refractivity contribution in [1.29, 1.82) is 0 Å². The van der Waals surface area contributed by atoms with Crippen molar-refractivity contribution in [3.63, 3.8) is 0 Å².